The quantitative estimate of drug-likeness (QED) is 0.179. The molecule has 88 valence electrons. The second kappa shape index (κ2) is 7.92. The van der Waals surface area contributed by atoms with Crippen LogP contribution >= 0.6 is 0 Å². The Kier molecular flexibility index (Phi) is 7.16. The lowest BCUT2D eigenvalue weighted by Crippen LogP contribution is -2.34. The number of hydrogen-bond donors (Lipinski definition) is 3. The number of nitrogens with two attached hydrogens (primary N) is 1. The minimum absolute atomic E-state index is 0.0502. The van der Waals surface area contributed by atoms with Crippen LogP contribution in [0.1, 0.15) is 6.42 Å². The number of hydrogen-bond acceptors (Lipinski definition) is 4. The van der Waals surface area contributed by atoms with Crippen LogP contribution in [0, 0.1) is 0 Å². The third-order valence-electron chi connectivity index (χ3n) is 1.31. The maximum absolute atomic E-state index is 11.6. The fourth-order valence-electron chi connectivity index (χ4n) is 0.650. The van der Waals surface area contributed by atoms with Crippen LogP contribution in [-0.2, 0) is 9.53 Å². The van der Waals surface area contributed by atoms with Gasteiger partial charge in [-0.1, -0.05) is 5.16 Å². The molecule has 0 aromatic carbocycles. The highest BCUT2D eigenvalue weighted by atomic mass is 19.3. The van der Waals surface area contributed by atoms with Gasteiger partial charge in [-0.3, -0.25) is 4.79 Å². The van der Waals surface area contributed by atoms with Crippen molar-refractivity contribution in [1.82, 2.24) is 5.32 Å². The molecule has 0 aliphatic rings. The number of nitrogens with one attached hydrogen (secondary N) is 1. The molecular formula is C7H13F2N3O3. The second-order valence-electron chi connectivity index (χ2n) is 2.58. The fourth-order valence-corrected chi connectivity index (χ4v) is 0.650. The van der Waals surface area contributed by atoms with Crippen molar-refractivity contribution in [3.8, 4) is 0 Å². The van der Waals surface area contributed by atoms with Crippen LogP contribution < -0.4 is 11.1 Å². The van der Waals surface area contributed by atoms with Gasteiger partial charge in [0.25, 0.3) is 6.43 Å². The molecule has 0 unspecified atom stereocenters. The van der Waals surface area contributed by atoms with Crippen LogP contribution in [0.15, 0.2) is 5.16 Å². The zero-order valence-electron chi connectivity index (χ0n) is 7.95. The van der Waals surface area contributed by atoms with Gasteiger partial charge >= 0.3 is 0 Å². The summed E-state index contributed by atoms with van der Waals surface area (Å²) in [6, 6.07) is 0. The summed E-state index contributed by atoms with van der Waals surface area (Å²) in [6.07, 6.45) is -2.59. The molecule has 0 aromatic rings. The minimum atomic E-state index is -2.54. The van der Waals surface area contributed by atoms with Gasteiger partial charge in [0.15, 0.2) is 5.84 Å². The maximum atomic E-state index is 11.6. The van der Waals surface area contributed by atoms with Crippen LogP contribution in [0.5, 0.6) is 0 Å². The van der Waals surface area contributed by atoms with Gasteiger partial charge in [-0.05, 0) is 0 Å². The molecule has 0 saturated carbocycles. The van der Waals surface area contributed by atoms with E-state index in [2.05, 4.69) is 15.2 Å². The highest BCUT2D eigenvalue weighted by Crippen LogP contribution is 1.93. The first-order chi connectivity index (χ1) is 7.06. The van der Waals surface area contributed by atoms with Crippen LogP contribution in [0.3, 0.4) is 0 Å². The molecule has 0 spiro atoms. The van der Waals surface area contributed by atoms with Crippen molar-refractivity contribution in [3.05, 3.63) is 0 Å². The number of ether oxygens (including phenoxy) is 1. The lowest BCUT2D eigenvalue weighted by molar-refractivity contribution is -0.122. The molecule has 8 heteroatoms. The number of halogens is 2. The number of carbonyl (C=O) groups excluding carboxylic acids is 1. The summed E-state index contributed by atoms with van der Waals surface area (Å²) in [7, 11) is 0. The number of amides is 1. The largest absolute Gasteiger partial charge is 0.409 e. The summed E-state index contributed by atoms with van der Waals surface area (Å²) < 4.78 is 27.6. The van der Waals surface area contributed by atoms with Gasteiger partial charge in [-0.2, -0.15) is 0 Å². The Morgan fingerprint density at radius 2 is 2.27 bits per heavy atom. The molecule has 0 aliphatic heterocycles. The van der Waals surface area contributed by atoms with Gasteiger partial charge in [0, 0.05) is 6.42 Å². The summed E-state index contributed by atoms with van der Waals surface area (Å²) in [6.45, 7) is -0.871. The van der Waals surface area contributed by atoms with E-state index in [1.165, 1.54) is 0 Å². The van der Waals surface area contributed by atoms with Crippen LogP contribution in [0.25, 0.3) is 0 Å². The van der Waals surface area contributed by atoms with E-state index in [1.807, 2.05) is 0 Å². The van der Waals surface area contributed by atoms with Crippen molar-refractivity contribution in [2.24, 2.45) is 10.9 Å². The van der Waals surface area contributed by atoms with Gasteiger partial charge < -0.3 is 21.0 Å². The van der Waals surface area contributed by atoms with Crippen LogP contribution in [0.2, 0.25) is 0 Å². The number of carbonyl (C=O) groups is 1. The van der Waals surface area contributed by atoms with E-state index in [9.17, 15) is 13.6 Å². The normalized spacial score (nSPS) is 11.8. The molecule has 0 aromatic heterocycles. The van der Waals surface area contributed by atoms with E-state index in [0.29, 0.717) is 0 Å². The first-order valence-corrected chi connectivity index (χ1v) is 4.15. The number of rotatable bonds is 7. The van der Waals surface area contributed by atoms with Crippen molar-refractivity contribution >= 4 is 11.7 Å². The Morgan fingerprint density at radius 1 is 1.60 bits per heavy atom. The second-order valence-corrected chi connectivity index (χ2v) is 2.58. The van der Waals surface area contributed by atoms with Gasteiger partial charge in [-0.15, -0.1) is 0 Å². The van der Waals surface area contributed by atoms with Gasteiger partial charge in [0.1, 0.15) is 6.61 Å². The molecule has 0 fully saturated rings. The molecule has 6 nitrogen and oxygen atoms in total. The lowest BCUT2D eigenvalue weighted by atomic mass is 10.4. The number of oxime groups is 1. The predicted octanol–water partition coefficient (Wildman–Crippen LogP) is -0.479. The zero-order chi connectivity index (χ0) is 11.7. The molecule has 0 atom stereocenters. The summed E-state index contributed by atoms with van der Waals surface area (Å²) >= 11 is 0. The van der Waals surface area contributed by atoms with E-state index in [4.69, 9.17) is 10.9 Å². The van der Waals surface area contributed by atoms with Crippen molar-refractivity contribution in [2.45, 2.75) is 12.8 Å². The summed E-state index contributed by atoms with van der Waals surface area (Å²) in [5, 5.41) is 13.1. The molecule has 0 bridgehead atoms. The van der Waals surface area contributed by atoms with Crippen LogP contribution in [0.4, 0.5) is 8.78 Å². The maximum Gasteiger partial charge on any atom is 0.261 e. The third-order valence-corrected chi connectivity index (χ3v) is 1.31. The fraction of sp³-hybridized carbons (Fsp3) is 0.714. The third kappa shape index (κ3) is 8.88. The Labute approximate surface area is 85.1 Å². The van der Waals surface area contributed by atoms with Gasteiger partial charge in [0.2, 0.25) is 5.91 Å². The van der Waals surface area contributed by atoms with Crippen molar-refractivity contribution in [3.63, 3.8) is 0 Å². The van der Waals surface area contributed by atoms with Gasteiger partial charge in [0.05, 0.1) is 13.2 Å². The van der Waals surface area contributed by atoms with E-state index >= 15 is 0 Å². The monoisotopic (exact) mass is 225 g/mol. The number of nitrogens with zero attached hydrogens (tertiary/aromatic N) is 1. The number of alkyl halides is 2. The molecule has 4 N–H and O–H groups in total. The molecular weight excluding hydrogens is 212 g/mol. The average molecular weight is 225 g/mol. The Morgan fingerprint density at radius 3 is 2.80 bits per heavy atom. The smallest absolute Gasteiger partial charge is 0.261 e. The highest BCUT2D eigenvalue weighted by Gasteiger charge is 2.04. The SMILES string of the molecule is NC(CNC(=O)CCOCC(F)F)=NO. The van der Waals surface area contributed by atoms with Crippen LogP contribution in [-0.4, -0.2) is 43.1 Å². The molecule has 0 aliphatic carbocycles. The molecule has 0 heterocycles. The first-order valence-electron chi connectivity index (χ1n) is 4.15. The average Bonchev–Trinajstić information content (AvgIpc) is 2.20. The van der Waals surface area contributed by atoms with Crippen molar-refractivity contribution in [2.75, 3.05) is 19.8 Å². The summed E-state index contributed by atoms with van der Waals surface area (Å²) in [5.74, 6) is -0.562. The number of amidine groups is 1. The van der Waals surface area contributed by atoms with E-state index < -0.39 is 18.9 Å². The molecule has 0 rings (SSSR count). The summed E-state index contributed by atoms with van der Waals surface area (Å²) in [4.78, 5) is 10.9. The minimum Gasteiger partial charge on any atom is -0.409 e. The molecule has 1 amide bonds. The summed E-state index contributed by atoms with van der Waals surface area (Å²) in [5.41, 5.74) is 5.07. The topological polar surface area (TPSA) is 96.9 Å². The zero-order valence-corrected chi connectivity index (χ0v) is 7.95. The van der Waals surface area contributed by atoms with E-state index in [-0.39, 0.29) is 25.4 Å². The Bertz CT molecular complexity index is 224. The van der Waals surface area contributed by atoms with E-state index in [1.54, 1.807) is 0 Å². The lowest BCUT2D eigenvalue weighted by Gasteiger charge is -2.04. The predicted molar refractivity (Wildman–Crippen MR) is 47.9 cm³/mol. The molecule has 15 heavy (non-hydrogen) atoms. The molecule has 0 radical (unpaired) electrons. The first kappa shape index (κ1) is 13.6. The Hall–Kier alpha value is -1.44. The standard InChI is InChI=1S/C7H13F2N3O3/c8-5(9)4-15-2-1-7(13)11-3-6(10)12-14/h5,14H,1-4H2,(H2,10,12)(H,11,13). The molecule has 0 saturated heterocycles. The van der Waals surface area contributed by atoms with Gasteiger partial charge in [-0.25, -0.2) is 8.78 Å². The highest BCUT2D eigenvalue weighted by molar-refractivity contribution is 5.86. The van der Waals surface area contributed by atoms with Crippen molar-refractivity contribution < 1.29 is 23.5 Å². The van der Waals surface area contributed by atoms with Crippen molar-refractivity contribution in [1.29, 1.82) is 0 Å². The Balaban J connectivity index is 3.42. The van der Waals surface area contributed by atoms with E-state index in [0.717, 1.165) is 0 Å².